The first-order valence-electron chi connectivity index (χ1n) is 8.15. The van der Waals surface area contributed by atoms with E-state index in [-0.39, 0.29) is 11.8 Å². The molecule has 0 bridgehead atoms. The fourth-order valence-corrected chi connectivity index (χ4v) is 3.08. The van der Waals surface area contributed by atoms with E-state index in [1.54, 1.807) is 7.11 Å². The van der Waals surface area contributed by atoms with E-state index in [9.17, 15) is 9.59 Å². The lowest BCUT2D eigenvalue weighted by atomic mass is 9.88. The number of rotatable bonds is 6. The van der Waals surface area contributed by atoms with E-state index in [2.05, 4.69) is 5.32 Å². The van der Waals surface area contributed by atoms with E-state index < -0.39 is 12.0 Å². The van der Waals surface area contributed by atoms with Crippen LogP contribution < -0.4 is 10.1 Å². The highest BCUT2D eigenvalue weighted by Crippen LogP contribution is 2.24. The van der Waals surface area contributed by atoms with E-state index in [1.807, 2.05) is 24.3 Å². The molecule has 1 aromatic carbocycles. The Kier molecular flexibility index (Phi) is 6.44. The lowest BCUT2D eigenvalue weighted by Crippen LogP contribution is -2.45. The Morgan fingerprint density at radius 1 is 1.17 bits per heavy atom. The molecule has 1 amide bonds. The van der Waals surface area contributed by atoms with Gasteiger partial charge in [0.2, 0.25) is 5.91 Å². The molecule has 1 fully saturated rings. The lowest BCUT2D eigenvalue weighted by molar-refractivity contribution is -0.145. The van der Waals surface area contributed by atoms with E-state index in [4.69, 9.17) is 9.47 Å². The molecule has 0 spiro atoms. The molecule has 1 N–H and O–H groups in total. The first kappa shape index (κ1) is 17.3. The number of amides is 1. The Bertz CT molecular complexity index is 538. The second-order valence-corrected chi connectivity index (χ2v) is 5.94. The average Bonchev–Trinajstić information content (AvgIpc) is 2.61. The van der Waals surface area contributed by atoms with Crippen LogP contribution in [0.4, 0.5) is 0 Å². The summed E-state index contributed by atoms with van der Waals surface area (Å²) in [6, 6.07) is 6.80. The molecule has 0 aromatic heterocycles. The van der Waals surface area contributed by atoms with Crippen LogP contribution in [0, 0.1) is 5.92 Å². The van der Waals surface area contributed by atoms with Crippen LogP contribution in [0.2, 0.25) is 0 Å². The van der Waals surface area contributed by atoms with Crippen molar-refractivity contribution < 1.29 is 19.1 Å². The molecule has 0 saturated heterocycles. The van der Waals surface area contributed by atoms with Crippen LogP contribution >= 0.6 is 0 Å². The van der Waals surface area contributed by atoms with Crippen molar-refractivity contribution in [1.82, 2.24) is 5.32 Å². The maximum atomic E-state index is 12.4. The molecule has 5 heteroatoms. The first-order valence-corrected chi connectivity index (χ1v) is 8.15. The Labute approximate surface area is 137 Å². The van der Waals surface area contributed by atoms with Crippen molar-refractivity contribution >= 4 is 11.9 Å². The van der Waals surface area contributed by atoms with Gasteiger partial charge in [-0.3, -0.25) is 4.79 Å². The van der Waals surface area contributed by atoms with Crippen LogP contribution in [0.3, 0.4) is 0 Å². The lowest BCUT2D eigenvalue weighted by Gasteiger charge is -2.24. The van der Waals surface area contributed by atoms with Crippen LogP contribution in [0.1, 0.15) is 37.7 Å². The summed E-state index contributed by atoms with van der Waals surface area (Å²) in [6.07, 6.45) is 5.49. The number of hydrogen-bond donors (Lipinski definition) is 1. The number of methoxy groups -OCH3 is 2. The topological polar surface area (TPSA) is 64.6 Å². The Hall–Kier alpha value is -2.04. The number of nitrogens with one attached hydrogen (secondary N) is 1. The number of hydrogen-bond acceptors (Lipinski definition) is 4. The van der Waals surface area contributed by atoms with Gasteiger partial charge in [0.25, 0.3) is 0 Å². The number of esters is 1. The minimum Gasteiger partial charge on any atom is -0.496 e. The van der Waals surface area contributed by atoms with Crippen LogP contribution in [-0.4, -0.2) is 32.1 Å². The minimum atomic E-state index is -0.689. The second-order valence-electron chi connectivity index (χ2n) is 5.94. The van der Waals surface area contributed by atoms with Crippen molar-refractivity contribution in [2.45, 2.75) is 44.6 Å². The highest BCUT2D eigenvalue weighted by Gasteiger charge is 2.28. The van der Waals surface area contributed by atoms with E-state index in [0.717, 1.165) is 31.2 Å². The zero-order valence-corrected chi connectivity index (χ0v) is 13.8. The third kappa shape index (κ3) is 4.71. The zero-order valence-electron chi connectivity index (χ0n) is 13.8. The third-order valence-corrected chi connectivity index (χ3v) is 4.39. The van der Waals surface area contributed by atoms with Crippen molar-refractivity contribution in [3.63, 3.8) is 0 Å². The average molecular weight is 319 g/mol. The molecule has 0 unspecified atom stereocenters. The number of ether oxygens (including phenoxy) is 2. The molecule has 1 atom stereocenters. The van der Waals surface area contributed by atoms with Gasteiger partial charge in [0.15, 0.2) is 0 Å². The monoisotopic (exact) mass is 319 g/mol. The standard InChI is InChI=1S/C18H25NO4/c1-22-16-11-7-6-10-14(16)12-15(18(21)23-2)19-17(20)13-8-4-3-5-9-13/h6-7,10-11,13,15H,3-5,8-9,12H2,1-2H3,(H,19,20)/t15-/m1/s1. The van der Waals surface area contributed by atoms with Crippen molar-refractivity contribution in [1.29, 1.82) is 0 Å². The molecule has 0 radical (unpaired) electrons. The molecule has 23 heavy (non-hydrogen) atoms. The van der Waals surface area contributed by atoms with Crippen molar-refractivity contribution in [2.24, 2.45) is 5.92 Å². The van der Waals surface area contributed by atoms with Gasteiger partial charge in [-0.2, -0.15) is 0 Å². The summed E-state index contributed by atoms with van der Waals surface area (Å²) in [4.78, 5) is 24.5. The molecule has 0 aliphatic heterocycles. The number of carbonyl (C=O) groups is 2. The molecule has 0 heterocycles. The Balaban J connectivity index is 2.07. The molecule has 1 aromatic rings. The predicted molar refractivity (Wildman–Crippen MR) is 87.2 cm³/mol. The van der Waals surface area contributed by atoms with Gasteiger partial charge in [-0.05, 0) is 24.5 Å². The maximum Gasteiger partial charge on any atom is 0.328 e. The van der Waals surface area contributed by atoms with Gasteiger partial charge in [-0.25, -0.2) is 4.79 Å². The Morgan fingerprint density at radius 3 is 2.52 bits per heavy atom. The summed E-state index contributed by atoms with van der Waals surface area (Å²) in [5, 5.41) is 2.87. The SMILES string of the molecule is COC(=O)[C@@H](Cc1ccccc1OC)NC(=O)C1CCCCC1. The summed E-state index contributed by atoms with van der Waals surface area (Å²) < 4.78 is 10.2. The summed E-state index contributed by atoms with van der Waals surface area (Å²) >= 11 is 0. The third-order valence-electron chi connectivity index (χ3n) is 4.39. The van der Waals surface area contributed by atoms with Gasteiger partial charge < -0.3 is 14.8 Å². The molecule has 126 valence electrons. The molecule has 2 rings (SSSR count). The van der Waals surface area contributed by atoms with Gasteiger partial charge in [0.05, 0.1) is 14.2 Å². The summed E-state index contributed by atoms with van der Waals surface area (Å²) in [5.74, 6) is 0.233. The number of benzene rings is 1. The highest BCUT2D eigenvalue weighted by atomic mass is 16.5. The van der Waals surface area contributed by atoms with Gasteiger partial charge in [0.1, 0.15) is 11.8 Å². The number of carbonyl (C=O) groups excluding carboxylic acids is 2. The summed E-state index contributed by atoms with van der Waals surface area (Å²) in [5.41, 5.74) is 0.870. The quantitative estimate of drug-likeness (QED) is 0.818. The van der Waals surface area contributed by atoms with Gasteiger partial charge in [0, 0.05) is 12.3 Å². The molecule has 1 saturated carbocycles. The normalized spacial score (nSPS) is 16.4. The molecular weight excluding hydrogens is 294 g/mol. The second kappa shape index (κ2) is 8.56. The van der Waals surface area contributed by atoms with Crippen LogP contribution in [0.25, 0.3) is 0 Å². The predicted octanol–water partition coefficient (Wildman–Crippen LogP) is 2.48. The van der Waals surface area contributed by atoms with Crippen LogP contribution in [0.15, 0.2) is 24.3 Å². The van der Waals surface area contributed by atoms with E-state index in [1.165, 1.54) is 13.5 Å². The highest BCUT2D eigenvalue weighted by molar-refractivity contribution is 5.86. The summed E-state index contributed by atoms with van der Waals surface area (Å²) in [6.45, 7) is 0. The fraction of sp³-hybridized carbons (Fsp3) is 0.556. The van der Waals surface area contributed by atoms with Crippen LogP contribution in [-0.2, 0) is 20.7 Å². The van der Waals surface area contributed by atoms with Gasteiger partial charge in [-0.15, -0.1) is 0 Å². The fourth-order valence-electron chi connectivity index (χ4n) is 3.08. The molecule has 5 nitrogen and oxygen atoms in total. The van der Waals surface area contributed by atoms with Crippen molar-refractivity contribution in [3.8, 4) is 5.75 Å². The minimum absolute atomic E-state index is 0.00794. The Morgan fingerprint density at radius 2 is 1.87 bits per heavy atom. The van der Waals surface area contributed by atoms with Gasteiger partial charge in [-0.1, -0.05) is 37.5 Å². The summed E-state index contributed by atoms with van der Waals surface area (Å²) in [7, 11) is 2.93. The van der Waals surface area contributed by atoms with Crippen LogP contribution in [0.5, 0.6) is 5.75 Å². The van der Waals surface area contributed by atoms with Crippen molar-refractivity contribution in [3.05, 3.63) is 29.8 Å². The van der Waals surface area contributed by atoms with E-state index in [0.29, 0.717) is 12.2 Å². The zero-order chi connectivity index (χ0) is 16.7. The van der Waals surface area contributed by atoms with Gasteiger partial charge >= 0.3 is 5.97 Å². The molecule has 1 aliphatic carbocycles. The largest absolute Gasteiger partial charge is 0.496 e. The molecule has 1 aliphatic rings. The maximum absolute atomic E-state index is 12.4. The first-order chi connectivity index (χ1) is 11.2. The van der Waals surface area contributed by atoms with Crippen molar-refractivity contribution in [2.75, 3.05) is 14.2 Å². The van der Waals surface area contributed by atoms with E-state index >= 15 is 0 Å². The molecular formula is C18H25NO4. The number of para-hydroxylation sites is 1. The smallest absolute Gasteiger partial charge is 0.328 e.